The topological polar surface area (TPSA) is 43.4 Å². The van der Waals surface area contributed by atoms with E-state index in [-0.39, 0.29) is 0 Å². The van der Waals surface area contributed by atoms with Gasteiger partial charge >= 0.3 is 0 Å². The number of nitrogens with zero attached hydrogens (tertiary/aromatic N) is 1. The van der Waals surface area contributed by atoms with Crippen LogP contribution in [0.25, 0.3) is 0 Å². The molecule has 0 spiro atoms. The maximum atomic E-state index is 5.95. The van der Waals surface area contributed by atoms with Crippen LogP contribution in [0.4, 0.5) is 0 Å². The van der Waals surface area contributed by atoms with Crippen LogP contribution < -0.4 is 14.8 Å². The molecule has 0 saturated carbocycles. The third-order valence-electron chi connectivity index (χ3n) is 2.91. The number of ether oxygens (including phenoxy) is 2. The van der Waals surface area contributed by atoms with Crippen LogP contribution in [0, 0.1) is 0 Å². The Hall–Kier alpha value is -2.07. The van der Waals surface area contributed by atoms with Gasteiger partial charge in [-0.1, -0.05) is 32.0 Å². The van der Waals surface area contributed by atoms with Crippen LogP contribution in [0.5, 0.6) is 17.4 Å². The SMILES string of the molecule is CCOc1ccccc1Oc1ncccc1CNC(C)C. The van der Waals surface area contributed by atoms with Crippen LogP contribution in [0.1, 0.15) is 26.3 Å². The van der Waals surface area contributed by atoms with E-state index in [2.05, 4.69) is 24.1 Å². The van der Waals surface area contributed by atoms with Crippen molar-refractivity contribution in [1.29, 1.82) is 0 Å². The molecule has 0 amide bonds. The van der Waals surface area contributed by atoms with E-state index in [0.29, 0.717) is 24.3 Å². The van der Waals surface area contributed by atoms with E-state index in [0.717, 1.165) is 17.9 Å². The molecule has 4 heteroatoms. The Balaban J connectivity index is 2.19. The van der Waals surface area contributed by atoms with Crippen LogP contribution in [-0.2, 0) is 6.54 Å². The van der Waals surface area contributed by atoms with Gasteiger partial charge in [0.25, 0.3) is 0 Å². The fourth-order valence-electron chi connectivity index (χ4n) is 1.88. The van der Waals surface area contributed by atoms with Gasteiger partial charge in [0.1, 0.15) is 0 Å². The second-order valence-electron chi connectivity index (χ2n) is 4.99. The molecular weight excluding hydrogens is 264 g/mol. The van der Waals surface area contributed by atoms with Gasteiger partial charge in [-0.05, 0) is 25.1 Å². The van der Waals surface area contributed by atoms with E-state index in [1.807, 2.05) is 43.3 Å². The lowest BCUT2D eigenvalue weighted by molar-refractivity contribution is 0.318. The zero-order valence-corrected chi connectivity index (χ0v) is 12.8. The van der Waals surface area contributed by atoms with Gasteiger partial charge in [-0.3, -0.25) is 0 Å². The molecular formula is C17H22N2O2. The van der Waals surface area contributed by atoms with Gasteiger partial charge in [0.2, 0.25) is 5.88 Å². The Morgan fingerprint density at radius 3 is 2.57 bits per heavy atom. The fraction of sp³-hybridized carbons (Fsp3) is 0.353. The van der Waals surface area contributed by atoms with E-state index < -0.39 is 0 Å². The molecule has 1 aromatic heterocycles. The molecule has 112 valence electrons. The normalized spacial score (nSPS) is 10.7. The average molecular weight is 286 g/mol. The summed E-state index contributed by atoms with van der Waals surface area (Å²) in [7, 11) is 0. The minimum absolute atomic E-state index is 0.411. The molecule has 2 aromatic rings. The molecule has 21 heavy (non-hydrogen) atoms. The summed E-state index contributed by atoms with van der Waals surface area (Å²) in [4.78, 5) is 4.34. The molecule has 4 nitrogen and oxygen atoms in total. The molecule has 0 saturated heterocycles. The van der Waals surface area contributed by atoms with Gasteiger partial charge in [-0.15, -0.1) is 0 Å². The smallest absolute Gasteiger partial charge is 0.223 e. The van der Waals surface area contributed by atoms with Gasteiger partial charge in [-0.2, -0.15) is 0 Å². The predicted molar refractivity (Wildman–Crippen MR) is 83.9 cm³/mol. The van der Waals surface area contributed by atoms with Crippen LogP contribution in [0.3, 0.4) is 0 Å². The van der Waals surface area contributed by atoms with Crippen LogP contribution in [-0.4, -0.2) is 17.6 Å². The molecule has 0 unspecified atom stereocenters. The van der Waals surface area contributed by atoms with Crippen LogP contribution >= 0.6 is 0 Å². The first-order valence-corrected chi connectivity index (χ1v) is 7.27. The lowest BCUT2D eigenvalue weighted by atomic mass is 10.2. The molecule has 0 radical (unpaired) electrons. The molecule has 1 heterocycles. The van der Waals surface area contributed by atoms with Gasteiger partial charge in [0, 0.05) is 24.3 Å². The first-order valence-electron chi connectivity index (χ1n) is 7.27. The number of hydrogen-bond donors (Lipinski definition) is 1. The summed E-state index contributed by atoms with van der Waals surface area (Å²) in [5, 5.41) is 3.38. The van der Waals surface area contributed by atoms with Crippen molar-refractivity contribution in [2.45, 2.75) is 33.4 Å². The van der Waals surface area contributed by atoms with E-state index in [9.17, 15) is 0 Å². The fourth-order valence-corrected chi connectivity index (χ4v) is 1.88. The first kappa shape index (κ1) is 15.3. The highest BCUT2D eigenvalue weighted by molar-refractivity contribution is 5.42. The minimum Gasteiger partial charge on any atom is -0.490 e. The summed E-state index contributed by atoms with van der Waals surface area (Å²) >= 11 is 0. The molecule has 1 N–H and O–H groups in total. The number of pyridine rings is 1. The molecule has 0 atom stereocenters. The average Bonchev–Trinajstić information content (AvgIpc) is 2.48. The number of benzene rings is 1. The van der Waals surface area contributed by atoms with Crippen LogP contribution in [0.2, 0.25) is 0 Å². The maximum Gasteiger partial charge on any atom is 0.223 e. The molecule has 0 bridgehead atoms. The Bertz CT molecular complexity index is 570. The van der Waals surface area contributed by atoms with Gasteiger partial charge in [-0.25, -0.2) is 4.98 Å². The molecule has 0 fully saturated rings. The first-order chi connectivity index (χ1) is 10.2. The molecule has 0 aliphatic rings. The predicted octanol–water partition coefficient (Wildman–Crippen LogP) is 3.77. The van der Waals surface area contributed by atoms with Crippen molar-refractivity contribution in [3.05, 3.63) is 48.2 Å². The van der Waals surface area contributed by atoms with Gasteiger partial charge < -0.3 is 14.8 Å². The molecule has 1 aromatic carbocycles. The Kier molecular flexibility index (Phi) is 5.58. The van der Waals surface area contributed by atoms with Crippen molar-refractivity contribution >= 4 is 0 Å². The second-order valence-corrected chi connectivity index (χ2v) is 4.99. The monoisotopic (exact) mass is 286 g/mol. The van der Waals surface area contributed by atoms with E-state index in [1.165, 1.54) is 0 Å². The van der Waals surface area contributed by atoms with Crippen molar-refractivity contribution in [2.75, 3.05) is 6.61 Å². The number of hydrogen-bond acceptors (Lipinski definition) is 4. The van der Waals surface area contributed by atoms with Gasteiger partial charge in [0.15, 0.2) is 11.5 Å². The highest BCUT2D eigenvalue weighted by Gasteiger charge is 2.10. The molecule has 0 aliphatic heterocycles. The highest BCUT2D eigenvalue weighted by atomic mass is 16.5. The van der Waals surface area contributed by atoms with Crippen molar-refractivity contribution in [1.82, 2.24) is 10.3 Å². The number of rotatable bonds is 7. The number of nitrogens with one attached hydrogen (secondary N) is 1. The van der Waals surface area contributed by atoms with E-state index >= 15 is 0 Å². The minimum atomic E-state index is 0.411. The molecule has 2 rings (SSSR count). The zero-order valence-electron chi connectivity index (χ0n) is 12.8. The number of para-hydroxylation sites is 2. The van der Waals surface area contributed by atoms with Crippen molar-refractivity contribution in [3.63, 3.8) is 0 Å². The van der Waals surface area contributed by atoms with Crippen molar-refractivity contribution in [3.8, 4) is 17.4 Å². The Labute approximate surface area is 126 Å². The molecule has 0 aliphatic carbocycles. The Morgan fingerprint density at radius 2 is 1.86 bits per heavy atom. The lowest BCUT2D eigenvalue weighted by Gasteiger charge is -2.14. The standard InChI is InChI=1S/C17H22N2O2/c1-4-20-15-9-5-6-10-16(15)21-17-14(8-7-11-18-17)12-19-13(2)3/h5-11,13,19H,4,12H2,1-3H3. The number of aromatic nitrogens is 1. The Morgan fingerprint density at radius 1 is 1.10 bits per heavy atom. The van der Waals surface area contributed by atoms with Crippen molar-refractivity contribution < 1.29 is 9.47 Å². The highest BCUT2D eigenvalue weighted by Crippen LogP contribution is 2.31. The summed E-state index contributed by atoms with van der Waals surface area (Å²) in [5.74, 6) is 2.02. The van der Waals surface area contributed by atoms with Crippen LogP contribution in [0.15, 0.2) is 42.6 Å². The van der Waals surface area contributed by atoms with E-state index in [4.69, 9.17) is 9.47 Å². The summed E-state index contributed by atoms with van der Waals surface area (Å²) in [5.41, 5.74) is 1.03. The van der Waals surface area contributed by atoms with E-state index in [1.54, 1.807) is 6.20 Å². The lowest BCUT2D eigenvalue weighted by Crippen LogP contribution is -2.22. The third-order valence-corrected chi connectivity index (χ3v) is 2.91. The van der Waals surface area contributed by atoms with Gasteiger partial charge in [0.05, 0.1) is 6.61 Å². The van der Waals surface area contributed by atoms with Crippen molar-refractivity contribution in [2.24, 2.45) is 0 Å². The zero-order chi connectivity index (χ0) is 15.1. The largest absolute Gasteiger partial charge is 0.490 e. The quantitative estimate of drug-likeness (QED) is 0.841. The summed E-state index contributed by atoms with van der Waals surface area (Å²) in [6, 6.07) is 12.0. The summed E-state index contributed by atoms with van der Waals surface area (Å²) in [6.07, 6.45) is 1.73. The maximum absolute atomic E-state index is 5.95. The summed E-state index contributed by atoms with van der Waals surface area (Å²) in [6.45, 7) is 7.50. The summed E-state index contributed by atoms with van der Waals surface area (Å²) < 4.78 is 11.5. The second kappa shape index (κ2) is 7.64. The third kappa shape index (κ3) is 4.46.